The molecule has 0 aliphatic rings. The molecule has 0 bridgehead atoms. The van der Waals surface area contributed by atoms with Gasteiger partial charge in [0, 0.05) is 11.8 Å². The van der Waals surface area contributed by atoms with Crippen molar-refractivity contribution in [1.29, 1.82) is 0 Å². The number of rotatable bonds is 5. The molecule has 7 nitrogen and oxygen atoms in total. The minimum Gasteiger partial charge on any atom is -0.463 e. The summed E-state index contributed by atoms with van der Waals surface area (Å²) in [5.41, 5.74) is -0.808. The number of carbonyl (C=O) groups excluding carboxylic acids is 2. The zero-order valence-electron chi connectivity index (χ0n) is 14.0. The number of hydroxylamine groups is 2. The van der Waals surface area contributed by atoms with Gasteiger partial charge in [0.05, 0.1) is 5.60 Å². The summed E-state index contributed by atoms with van der Waals surface area (Å²) in [7, 11) is 0. The van der Waals surface area contributed by atoms with Crippen molar-refractivity contribution in [1.82, 2.24) is 10.0 Å². The lowest BCUT2D eigenvalue weighted by Crippen LogP contribution is -2.44. The molecule has 0 spiro atoms. The van der Waals surface area contributed by atoms with E-state index in [4.69, 9.17) is 4.84 Å². The fourth-order valence-electron chi connectivity index (χ4n) is 2.43. The number of aromatic nitrogens is 1. The summed E-state index contributed by atoms with van der Waals surface area (Å²) in [6.45, 7) is 9.40. The molecule has 0 unspecified atom stereocenters. The van der Waals surface area contributed by atoms with Gasteiger partial charge >= 0.3 is 12.0 Å². The topological polar surface area (TPSA) is 96.8 Å². The molecule has 0 fully saturated rings. The van der Waals surface area contributed by atoms with Crippen LogP contribution in [0.15, 0.2) is 18.3 Å². The lowest BCUT2D eigenvalue weighted by molar-refractivity contribution is -0.191. The molecule has 1 aromatic heterocycles. The number of carbonyl (C=O) groups is 3. The Balaban J connectivity index is 2.99. The second-order valence-electron chi connectivity index (χ2n) is 7.07. The summed E-state index contributed by atoms with van der Waals surface area (Å²) in [4.78, 5) is 43.5. The highest BCUT2D eigenvalue weighted by Gasteiger charge is 2.34. The number of nitrogens with zero attached hydrogens (tertiary/aromatic N) is 2. The largest absolute Gasteiger partial charge is 0.463 e. The first-order valence-corrected chi connectivity index (χ1v) is 7.13. The SMILES string of the molecule is CC(C)(C)CC(C)(C)ON(C(=O)O)C(=O)c1ccc(C=O)cn1. The standard InChI is InChI=1S/C16H22N2O5/c1-15(2,3)10-16(4,5)23-18(14(21)22)13(20)12-7-6-11(9-19)8-17-12/h6-9H,10H2,1-5H3,(H,21,22). The average molecular weight is 322 g/mol. The predicted molar refractivity (Wildman–Crippen MR) is 83.1 cm³/mol. The van der Waals surface area contributed by atoms with Gasteiger partial charge in [-0.05, 0) is 37.8 Å². The Morgan fingerprint density at radius 1 is 1.26 bits per heavy atom. The van der Waals surface area contributed by atoms with E-state index in [9.17, 15) is 19.5 Å². The molecule has 0 saturated carbocycles. The van der Waals surface area contributed by atoms with Crippen LogP contribution in [-0.4, -0.2) is 39.0 Å². The number of pyridine rings is 1. The molecule has 0 atom stereocenters. The van der Waals surface area contributed by atoms with E-state index in [0.29, 0.717) is 12.7 Å². The van der Waals surface area contributed by atoms with Crippen molar-refractivity contribution in [2.75, 3.05) is 0 Å². The molecule has 23 heavy (non-hydrogen) atoms. The Labute approximate surface area is 135 Å². The van der Waals surface area contributed by atoms with Crippen molar-refractivity contribution < 1.29 is 24.3 Å². The van der Waals surface area contributed by atoms with Gasteiger partial charge in [-0.25, -0.2) is 4.79 Å². The molecular formula is C16H22N2O5. The van der Waals surface area contributed by atoms with Crippen molar-refractivity contribution in [2.24, 2.45) is 5.41 Å². The van der Waals surface area contributed by atoms with Crippen LogP contribution in [0, 0.1) is 5.41 Å². The Morgan fingerprint density at radius 2 is 1.87 bits per heavy atom. The maximum absolute atomic E-state index is 12.3. The molecule has 0 radical (unpaired) electrons. The van der Waals surface area contributed by atoms with Crippen molar-refractivity contribution in [3.05, 3.63) is 29.6 Å². The van der Waals surface area contributed by atoms with Gasteiger partial charge in [-0.3, -0.25) is 19.4 Å². The fourth-order valence-corrected chi connectivity index (χ4v) is 2.43. The van der Waals surface area contributed by atoms with Crippen LogP contribution in [0.3, 0.4) is 0 Å². The summed E-state index contributed by atoms with van der Waals surface area (Å²) in [6.07, 6.45) is 0.784. The molecule has 1 aromatic rings. The molecule has 1 rings (SSSR count). The molecule has 0 aliphatic carbocycles. The molecule has 7 heteroatoms. The molecular weight excluding hydrogens is 300 g/mol. The number of aldehydes is 1. The van der Waals surface area contributed by atoms with Gasteiger partial charge in [0.15, 0.2) is 6.29 Å². The van der Waals surface area contributed by atoms with Gasteiger partial charge in [-0.2, -0.15) is 0 Å². The quantitative estimate of drug-likeness (QED) is 0.660. The van der Waals surface area contributed by atoms with Crippen molar-refractivity contribution in [3.8, 4) is 0 Å². The lowest BCUT2D eigenvalue weighted by atomic mass is 9.84. The van der Waals surface area contributed by atoms with Crippen molar-refractivity contribution in [3.63, 3.8) is 0 Å². The Bertz CT molecular complexity index is 587. The van der Waals surface area contributed by atoms with E-state index in [1.54, 1.807) is 13.8 Å². The highest BCUT2D eigenvalue weighted by atomic mass is 16.7. The molecule has 0 aliphatic heterocycles. The van der Waals surface area contributed by atoms with Crippen LogP contribution in [0.1, 0.15) is 61.9 Å². The maximum atomic E-state index is 12.3. The van der Waals surface area contributed by atoms with Gasteiger partial charge in [0.1, 0.15) is 5.69 Å². The minimum atomic E-state index is -1.53. The van der Waals surface area contributed by atoms with Gasteiger partial charge in [0.25, 0.3) is 0 Å². The number of imide groups is 1. The Morgan fingerprint density at radius 3 is 2.26 bits per heavy atom. The smallest absolute Gasteiger partial charge is 0.439 e. The Kier molecular flexibility index (Phi) is 5.60. The zero-order chi connectivity index (χ0) is 17.8. The van der Waals surface area contributed by atoms with Crippen LogP contribution in [0.2, 0.25) is 0 Å². The van der Waals surface area contributed by atoms with Crippen LogP contribution < -0.4 is 0 Å². The minimum absolute atomic E-state index is 0.111. The van der Waals surface area contributed by atoms with Crippen LogP contribution in [-0.2, 0) is 4.84 Å². The number of carboxylic acid groups (broad SMARTS) is 1. The summed E-state index contributed by atoms with van der Waals surface area (Å²) < 4.78 is 0. The third-order valence-electron chi connectivity index (χ3n) is 2.79. The van der Waals surface area contributed by atoms with Crippen LogP contribution >= 0.6 is 0 Å². The van der Waals surface area contributed by atoms with Gasteiger partial charge < -0.3 is 5.11 Å². The number of hydrogen-bond acceptors (Lipinski definition) is 5. The third-order valence-corrected chi connectivity index (χ3v) is 2.79. The van der Waals surface area contributed by atoms with E-state index in [0.717, 1.165) is 0 Å². The average Bonchev–Trinajstić information content (AvgIpc) is 2.41. The zero-order valence-corrected chi connectivity index (χ0v) is 14.0. The maximum Gasteiger partial charge on any atom is 0.439 e. The van der Waals surface area contributed by atoms with Crippen molar-refractivity contribution >= 4 is 18.3 Å². The molecule has 1 heterocycles. The molecule has 0 saturated heterocycles. The highest BCUT2D eigenvalue weighted by molar-refractivity contribution is 6.00. The summed E-state index contributed by atoms with van der Waals surface area (Å²) >= 11 is 0. The van der Waals surface area contributed by atoms with Crippen LogP contribution in [0.5, 0.6) is 0 Å². The van der Waals surface area contributed by atoms with Gasteiger partial charge in [-0.1, -0.05) is 20.8 Å². The van der Waals surface area contributed by atoms with E-state index in [2.05, 4.69) is 4.98 Å². The van der Waals surface area contributed by atoms with E-state index < -0.39 is 17.6 Å². The normalized spacial score (nSPS) is 11.9. The van der Waals surface area contributed by atoms with Crippen LogP contribution in [0.25, 0.3) is 0 Å². The van der Waals surface area contributed by atoms with E-state index in [1.807, 2.05) is 20.8 Å². The van der Waals surface area contributed by atoms with Gasteiger partial charge in [0.2, 0.25) is 0 Å². The third kappa shape index (κ3) is 5.78. The number of hydrogen-bond donors (Lipinski definition) is 1. The first-order chi connectivity index (χ1) is 10.4. The van der Waals surface area contributed by atoms with E-state index in [1.165, 1.54) is 18.3 Å². The van der Waals surface area contributed by atoms with Gasteiger partial charge in [-0.15, -0.1) is 5.06 Å². The Hall–Kier alpha value is -2.28. The number of amides is 2. The van der Waals surface area contributed by atoms with Crippen LogP contribution in [0.4, 0.5) is 4.79 Å². The fraction of sp³-hybridized carbons (Fsp3) is 0.500. The highest BCUT2D eigenvalue weighted by Crippen LogP contribution is 2.30. The summed E-state index contributed by atoms with van der Waals surface area (Å²) in [5.74, 6) is -0.906. The summed E-state index contributed by atoms with van der Waals surface area (Å²) in [6, 6.07) is 2.66. The second kappa shape index (κ2) is 6.87. The molecule has 0 aromatic carbocycles. The van der Waals surface area contributed by atoms with Crippen molar-refractivity contribution in [2.45, 2.75) is 46.6 Å². The lowest BCUT2D eigenvalue weighted by Gasteiger charge is -2.34. The first-order valence-electron chi connectivity index (χ1n) is 7.13. The monoisotopic (exact) mass is 322 g/mol. The second-order valence-corrected chi connectivity index (χ2v) is 7.07. The molecule has 1 N–H and O–H groups in total. The summed E-state index contributed by atoms with van der Waals surface area (Å²) in [5, 5.41) is 9.55. The first kappa shape index (κ1) is 18.8. The predicted octanol–water partition coefficient (Wildman–Crippen LogP) is 3.16. The van der Waals surface area contributed by atoms with E-state index in [-0.39, 0.29) is 21.7 Å². The van der Waals surface area contributed by atoms with E-state index >= 15 is 0 Å². The molecule has 2 amide bonds. The molecule has 126 valence electrons.